The number of carbonyl (C=O) groups is 2. The van der Waals surface area contributed by atoms with E-state index in [-0.39, 0.29) is 22.3 Å². The van der Waals surface area contributed by atoms with Crippen molar-refractivity contribution < 1.29 is 18.0 Å². The first-order valence-electron chi connectivity index (χ1n) is 16.2. The molecule has 0 saturated heterocycles. The Bertz CT molecular complexity index is 2590. The number of allylic oxidation sites excluding steroid dienone is 1. The minimum absolute atomic E-state index is 0.00234. The third kappa shape index (κ3) is 8.27. The van der Waals surface area contributed by atoms with Gasteiger partial charge in [0.05, 0.1) is 21.9 Å². The first kappa shape index (κ1) is 35.5. The fourth-order valence-electron chi connectivity index (χ4n) is 5.56. The van der Waals surface area contributed by atoms with Crippen molar-refractivity contribution in [3.8, 4) is 28.3 Å². The van der Waals surface area contributed by atoms with Gasteiger partial charge in [-0.1, -0.05) is 90.1 Å². The highest BCUT2D eigenvalue weighted by molar-refractivity contribution is 7.99. The molecule has 0 unspecified atom stereocenters. The van der Waals surface area contributed by atoms with Crippen molar-refractivity contribution in [1.29, 1.82) is 0 Å². The summed E-state index contributed by atoms with van der Waals surface area (Å²) >= 11 is 7.16. The third-order valence-corrected chi connectivity index (χ3v) is 10.3. The molecular formula is C40H29ClN6O4S2. The Morgan fingerprint density at radius 2 is 1.53 bits per heavy atom. The number of hydrogen-bond donors (Lipinski definition) is 2. The number of nitrogens with one attached hydrogen (secondary N) is 1. The number of hydrogen-bond acceptors (Lipinski definition) is 8. The van der Waals surface area contributed by atoms with Gasteiger partial charge in [-0.15, -0.1) is 10.2 Å². The van der Waals surface area contributed by atoms with E-state index in [4.69, 9.17) is 21.7 Å². The van der Waals surface area contributed by atoms with E-state index in [0.29, 0.717) is 44.0 Å². The molecule has 0 saturated carbocycles. The second kappa shape index (κ2) is 15.4. The van der Waals surface area contributed by atoms with E-state index >= 15 is 0 Å². The van der Waals surface area contributed by atoms with Crippen LogP contribution in [0.2, 0.25) is 5.02 Å². The highest BCUT2D eigenvalue weighted by Gasteiger charge is 2.21. The molecule has 0 aliphatic carbocycles. The Kier molecular flexibility index (Phi) is 10.3. The molecule has 0 radical (unpaired) electrons. The van der Waals surface area contributed by atoms with E-state index in [1.807, 2.05) is 77.4 Å². The Morgan fingerprint density at radius 1 is 0.830 bits per heavy atom. The van der Waals surface area contributed by atoms with Crippen LogP contribution in [0, 0.1) is 0 Å². The summed E-state index contributed by atoms with van der Waals surface area (Å²) in [6.45, 7) is 0. The quantitative estimate of drug-likeness (QED) is 0.0765. The molecule has 2 aromatic heterocycles. The number of rotatable bonds is 11. The number of primary sulfonamides is 1. The van der Waals surface area contributed by atoms with Crippen LogP contribution in [0.25, 0.3) is 45.3 Å². The van der Waals surface area contributed by atoms with Crippen LogP contribution in [0.4, 0.5) is 5.69 Å². The zero-order chi connectivity index (χ0) is 37.0. The van der Waals surface area contributed by atoms with Gasteiger partial charge in [0.15, 0.2) is 16.8 Å². The number of amides is 1. The molecule has 53 heavy (non-hydrogen) atoms. The lowest BCUT2D eigenvalue weighted by Gasteiger charge is -2.13. The molecule has 10 nitrogen and oxygen atoms in total. The lowest BCUT2D eigenvalue weighted by molar-refractivity contribution is -0.113. The molecule has 0 atom stereocenters. The maximum Gasteiger partial charge on any atom is 0.238 e. The maximum absolute atomic E-state index is 13.1. The number of thioether (sulfide) groups is 1. The Labute approximate surface area is 314 Å². The number of pyridine rings is 1. The van der Waals surface area contributed by atoms with Gasteiger partial charge in [-0.25, -0.2) is 18.5 Å². The number of nitrogens with two attached hydrogens (primary N) is 1. The summed E-state index contributed by atoms with van der Waals surface area (Å²) in [7, 11) is -3.86. The molecule has 0 aliphatic heterocycles. The Hall–Kier alpha value is -5.92. The molecule has 1 amide bonds. The van der Waals surface area contributed by atoms with Crippen molar-refractivity contribution in [2.24, 2.45) is 5.14 Å². The lowest BCUT2D eigenvalue weighted by atomic mass is 10.0. The number of aromatic nitrogens is 4. The van der Waals surface area contributed by atoms with Crippen LogP contribution in [0.15, 0.2) is 150 Å². The summed E-state index contributed by atoms with van der Waals surface area (Å²) in [5, 5.41) is 19.3. The van der Waals surface area contributed by atoms with Gasteiger partial charge < -0.3 is 5.32 Å². The SMILES string of the molecule is NS(=O)(=O)c1ccc(-c2cc(-c3nnc(SCC(=O)Nc4ccc(C(=O)/C=C/c5ccc(Cl)cc5)cc4)n3-c3ccccc3)c3ccccc3n2)cc1. The maximum atomic E-state index is 13.1. The third-order valence-electron chi connectivity index (χ3n) is 8.17. The van der Waals surface area contributed by atoms with E-state index in [2.05, 4.69) is 15.5 Å². The highest BCUT2D eigenvalue weighted by atomic mass is 35.5. The van der Waals surface area contributed by atoms with Crippen molar-refractivity contribution in [1.82, 2.24) is 19.7 Å². The van der Waals surface area contributed by atoms with Gasteiger partial charge in [0.2, 0.25) is 15.9 Å². The molecule has 7 rings (SSSR count). The predicted octanol–water partition coefficient (Wildman–Crippen LogP) is 8.08. The smallest absolute Gasteiger partial charge is 0.238 e. The summed E-state index contributed by atoms with van der Waals surface area (Å²) < 4.78 is 25.6. The fourth-order valence-corrected chi connectivity index (χ4v) is 6.95. The molecule has 0 aliphatic rings. The number of nitrogens with zero attached hydrogens (tertiary/aromatic N) is 4. The van der Waals surface area contributed by atoms with Crippen molar-refractivity contribution >= 4 is 67.7 Å². The Balaban J connectivity index is 1.13. The topological polar surface area (TPSA) is 150 Å². The van der Waals surface area contributed by atoms with E-state index < -0.39 is 10.0 Å². The van der Waals surface area contributed by atoms with Crippen molar-refractivity contribution in [2.45, 2.75) is 10.1 Å². The zero-order valence-electron chi connectivity index (χ0n) is 27.8. The summed E-state index contributed by atoms with van der Waals surface area (Å²) in [6, 6.07) is 39.2. The number of sulfonamides is 1. The van der Waals surface area contributed by atoms with Crippen LogP contribution >= 0.6 is 23.4 Å². The highest BCUT2D eigenvalue weighted by Crippen LogP contribution is 2.35. The molecular weight excluding hydrogens is 728 g/mol. The van der Waals surface area contributed by atoms with Gasteiger partial charge in [-0.2, -0.15) is 0 Å². The summed E-state index contributed by atoms with van der Waals surface area (Å²) in [6.07, 6.45) is 3.22. The molecule has 262 valence electrons. The number of benzene rings is 5. The van der Waals surface area contributed by atoms with Crippen LogP contribution in [0.1, 0.15) is 15.9 Å². The molecule has 0 bridgehead atoms. The van der Waals surface area contributed by atoms with E-state index in [9.17, 15) is 18.0 Å². The van der Waals surface area contributed by atoms with Crippen molar-refractivity contribution in [3.05, 3.63) is 156 Å². The van der Waals surface area contributed by atoms with Crippen LogP contribution in [0.3, 0.4) is 0 Å². The number of anilines is 1. The van der Waals surface area contributed by atoms with Crippen molar-refractivity contribution in [3.63, 3.8) is 0 Å². The average Bonchev–Trinajstić information content (AvgIpc) is 3.60. The summed E-state index contributed by atoms with van der Waals surface area (Å²) in [5.74, 6) is 0.137. The normalized spacial score (nSPS) is 11.6. The molecule has 13 heteroatoms. The second-order valence-electron chi connectivity index (χ2n) is 11.8. The summed E-state index contributed by atoms with van der Waals surface area (Å²) in [5.41, 5.74) is 5.41. The number of ketones is 1. The van der Waals surface area contributed by atoms with E-state index in [0.717, 1.165) is 22.2 Å². The predicted molar refractivity (Wildman–Crippen MR) is 210 cm³/mol. The van der Waals surface area contributed by atoms with Gasteiger partial charge in [0.25, 0.3) is 0 Å². The molecule has 0 spiro atoms. The molecule has 7 aromatic rings. The molecule has 5 aromatic carbocycles. The second-order valence-corrected chi connectivity index (χ2v) is 14.7. The standard InChI is InChI=1S/C40H29ClN6O4S2/c41-29-17-10-26(11-18-29)12-23-37(48)28-13-19-30(20-14-28)43-38(49)25-52-40-46-45-39(47(40)31-6-2-1-3-7-31)34-24-36(44-35-9-5-4-8-33(34)35)27-15-21-32(22-16-27)53(42,50)51/h1-24H,25H2,(H,43,49)(H2,42,50,51)/b23-12+. The number of para-hydroxylation sites is 2. The monoisotopic (exact) mass is 756 g/mol. The zero-order valence-corrected chi connectivity index (χ0v) is 30.1. The first-order valence-corrected chi connectivity index (χ1v) is 19.1. The van der Waals surface area contributed by atoms with E-state index in [1.54, 1.807) is 54.6 Å². The Morgan fingerprint density at radius 3 is 2.25 bits per heavy atom. The molecule has 2 heterocycles. The number of carbonyl (C=O) groups excluding carboxylic acids is 2. The number of halogens is 1. The minimum Gasteiger partial charge on any atom is -0.325 e. The van der Waals surface area contributed by atoms with Crippen LogP contribution in [0.5, 0.6) is 0 Å². The van der Waals surface area contributed by atoms with Gasteiger partial charge in [0, 0.05) is 38.5 Å². The van der Waals surface area contributed by atoms with Gasteiger partial charge in [0.1, 0.15) is 0 Å². The van der Waals surface area contributed by atoms with E-state index in [1.165, 1.54) is 30.0 Å². The largest absolute Gasteiger partial charge is 0.325 e. The van der Waals surface area contributed by atoms with Crippen LogP contribution < -0.4 is 10.5 Å². The van der Waals surface area contributed by atoms with Crippen LogP contribution in [-0.4, -0.2) is 45.6 Å². The summed E-state index contributed by atoms with van der Waals surface area (Å²) in [4.78, 5) is 30.7. The molecule has 3 N–H and O–H groups in total. The first-order chi connectivity index (χ1) is 25.6. The van der Waals surface area contributed by atoms with Gasteiger partial charge in [-0.3, -0.25) is 14.2 Å². The minimum atomic E-state index is -3.86. The van der Waals surface area contributed by atoms with Gasteiger partial charge in [-0.05, 0) is 84.4 Å². The van der Waals surface area contributed by atoms with Gasteiger partial charge >= 0.3 is 0 Å². The average molecular weight is 757 g/mol. The molecule has 0 fully saturated rings. The van der Waals surface area contributed by atoms with Crippen LogP contribution in [-0.2, 0) is 14.8 Å². The number of fused-ring (bicyclic) bond motifs is 1. The fraction of sp³-hybridized carbons (Fsp3) is 0.0250. The lowest BCUT2D eigenvalue weighted by Crippen LogP contribution is -2.14. The van der Waals surface area contributed by atoms with Crippen molar-refractivity contribution in [2.75, 3.05) is 11.1 Å².